The van der Waals surface area contributed by atoms with Gasteiger partial charge in [0.2, 0.25) is 5.54 Å². The molecule has 0 bridgehead atoms. The number of nitrogens with zero attached hydrogens (tertiary/aromatic N) is 2. The quantitative estimate of drug-likeness (QED) is 0.168. The molecule has 0 aromatic heterocycles. The van der Waals surface area contributed by atoms with Crippen molar-refractivity contribution in [3.8, 4) is 0 Å². The predicted octanol–water partition coefficient (Wildman–Crippen LogP) is 7.13. The summed E-state index contributed by atoms with van der Waals surface area (Å²) in [5.74, 6) is 0. The number of nitroso groups, excluding NO2 is 1. The van der Waals surface area contributed by atoms with E-state index in [9.17, 15) is 0 Å². The van der Waals surface area contributed by atoms with E-state index in [2.05, 4.69) is 133 Å². The summed E-state index contributed by atoms with van der Waals surface area (Å²) in [4.78, 5) is 10.5. The molecule has 0 aliphatic carbocycles. The Morgan fingerprint density at radius 3 is 1.18 bits per heavy atom. The van der Waals surface area contributed by atoms with Gasteiger partial charge in [-0.05, 0) is 55.5 Å². The molecule has 3 nitrogen and oxygen atoms in total. The van der Waals surface area contributed by atoms with Gasteiger partial charge in [0, 0.05) is 20.8 Å². The molecule has 0 spiro atoms. The maximum Gasteiger partial charge on any atom is 2.00 e. The molecule has 0 saturated carbocycles. The average molecular weight is 587 g/mol. The SMILES string of the molecule is CC(C[PH+](c1ccccc1)c1ccccc1)[PH+](c1ccccc1)c1ccccc1.[C-]#[N+]C(C)(C)C.[Co+2].[N-]=O. The van der Waals surface area contributed by atoms with Gasteiger partial charge in [0.05, 0.1) is 37.1 Å². The zero-order valence-electron chi connectivity index (χ0n) is 22.5. The summed E-state index contributed by atoms with van der Waals surface area (Å²) in [7, 11) is -1.69. The average Bonchev–Trinajstić information content (AvgIpc) is 2.95. The Morgan fingerprint density at radius 1 is 0.658 bits per heavy atom. The van der Waals surface area contributed by atoms with Gasteiger partial charge in [-0.3, -0.25) is 0 Å². The Kier molecular flexibility index (Phi) is 15.6. The molecular formula is C32H37CoN2OP2+3. The van der Waals surface area contributed by atoms with Crippen molar-refractivity contribution < 1.29 is 16.8 Å². The van der Waals surface area contributed by atoms with Crippen LogP contribution in [0.2, 0.25) is 0 Å². The largest absolute Gasteiger partial charge is 2.00 e. The second-order valence-corrected chi connectivity index (χ2v) is 15.2. The monoisotopic (exact) mass is 586 g/mol. The van der Waals surface area contributed by atoms with Crippen molar-refractivity contribution in [2.24, 2.45) is 0 Å². The van der Waals surface area contributed by atoms with Crippen molar-refractivity contribution in [3.05, 3.63) is 143 Å². The van der Waals surface area contributed by atoms with Crippen molar-refractivity contribution in [2.45, 2.75) is 38.9 Å². The van der Waals surface area contributed by atoms with Gasteiger partial charge in [-0.2, -0.15) is 0 Å². The van der Waals surface area contributed by atoms with Gasteiger partial charge in [0.15, 0.2) is 0 Å². The van der Waals surface area contributed by atoms with Crippen LogP contribution in [-0.2, 0) is 16.8 Å². The van der Waals surface area contributed by atoms with Crippen LogP contribution in [0.5, 0.6) is 0 Å². The Morgan fingerprint density at radius 2 is 0.921 bits per heavy atom. The van der Waals surface area contributed by atoms with Gasteiger partial charge < -0.3 is 15.3 Å². The molecule has 1 atom stereocenters. The van der Waals surface area contributed by atoms with E-state index in [0.717, 1.165) is 0 Å². The van der Waals surface area contributed by atoms with E-state index in [1.165, 1.54) is 27.4 Å². The van der Waals surface area contributed by atoms with E-state index in [-0.39, 0.29) is 22.3 Å². The zero-order chi connectivity index (χ0) is 27.1. The van der Waals surface area contributed by atoms with Crippen LogP contribution in [0.1, 0.15) is 27.7 Å². The molecule has 0 fully saturated rings. The normalized spacial score (nSPS) is 11.1. The molecule has 38 heavy (non-hydrogen) atoms. The fraction of sp³-hybridized carbons (Fsp3) is 0.219. The Bertz CT molecular complexity index is 1120. The van der Waals surface area contributed by atoms with E-state index in [4.69, 9.17) is 17.1 Å². The summed E-state index contributed by atoms with van der Waals surface area (Å²) in [6.07, 6.45) is 1.25. The van der Waals surface area contributed by atoms with Crippen molar-refractivity contribution >= 4 is 37.1 Å². The molecule has 6 heteroatoms. The summed E-state index contributed by atoms with van der Waals surface area (Å²) in [6, 6.07) is 44.6. The summed E-state index contributed by atoms with van der Waals surface area (Å²) >= 11 is 0. The topological polar surface area (TPSA) is 43.7 Å². The smallest absolute Gasteiger partial charge is 0.577 e. The molecule has 197 valence electrons. The molecule has 0 aliphatic rings. The van der Waals surface area contributed by atoms with Crippen LogP contribution in [0.25, 0.3) is 10.4 Å². The molecule has 4 rings (SSSR count). The van der Waals surface area contributed by atoms with Crippen LogP contribution >= 0.6 is 15.8 Å². The minimum absolute atomic E-state index is 0. The van der Waals surface area contributed by atoms with Crippen molar-refractivity contribution in [2.75, 3.05) is 6.16 Å². The second-order valence-electron chi connectivity index (χ2n) is 9.74. The van der Waals surface area contributed by atoms with Crippen LogP contribution in [0, 0.1) is 11.5 Å². The van der Waals surface area contributed by atoms with Gasteiger partial charge in [0.25, 0.3) is 0 Å². The molecule has 1 radical (unpaired) electrons. The Labute approximate surface area is 241 Å². The minimum Gasteiger partial charge on any atom is -0.577 e. The third kappa shape index (κ3) is 11.0. The first-order valence-electron chi connectivity index (χ1n) is 12.4. The maximum absolute atomic E-state index is 7.25. The van der Waals surface area contributed by atoms with E-state index in [1.54, 1.807) is 0 Å². The fourth-order valence-corrected chi connectivity index (χ4v) is 10.7. The standard InChI is InChI=1S/C27H26P2.C5H9N.Co.NO/c1-23(29(26-18-10-4-11-19-26)27-20-12-5-13-21-27)22-28(24-14-6-2-7-15-24)25-16-8-3-9-17-25;1-5(2,3)6-4;;1-2/h2-21,23H,22H2,1H3;1-3H3;;/q;;+2;-1/p+2. The molecule has 1 unspecified atom stereocenters. The molecule has 0 heterocycles. The number of hydrogen-bond donors (Lipinski definition) is 0. The van der Waals surface area contributed by atoms with Gasteiger partial charge in [-0.25, -0.2) is 6.57 Å². The van der Waals surface area contributed by atoms with Crippen LogP contribution in [0.3, 0.4) is 0 Å². The summed E-state index contributed by atoms with van der Waals surface area (Å²) in [5.41, 5.74) is 6.22. The molecule has 4 aromatic rings. The summed E-state index contributed by atoms with van der Waals surface area (Å²) in [6.45, 7) is 14.6. The van der Waals surface area contributed by atoms with E-state index in [0.29, 0.717) is 5.66 Å². The molecule has 4 aromatic carbocycles. The van der Waals surface area contributed by atoms with Crippen molar-refractivity contribution in [1.29, 1.82) is 0 Å². The first-order chi connectivity index (χ1) is 17.9. The first-order valence-corrected chi connectivity index (χ1v) is 15.7. The van der Waals surface area contributed by atoms with E-state index in [1.807, 2.05) is 20.8 Å². The zero-order valence-corrected chi connectivity index (χ0v) is 25.5. The molecule has 0 aliphatic heterocycles. The van der Waals surface area contributed by atoms with Crippen molar-refractivity contribution in [1.82, 2.24) is 0 Å². The van der Waals surface area contributed by atoms with Gasteiger partial charge in [-0.15, -0.1) is 0 Å². The minimum atomic E-state index is -0.861. The van der Waals surface area contributed by atoms with Gasteiger partial charge >= 0.3 is 16.8 Å². The summed E-state index contributed by atoms with van der Waals surface area (Å²) in [5, 5.41) is 6.05. The number of rotatable bonds is 7. The van der Waals surface area contributed by atoms with Crippen LogP contribution < -0.4 is 21.2 Å². The molecule has 0 saturated heterocycles. The van der Waals surface area contributed by atoms with Crippen LogP contribution in [0.15, 0.2) is 121 Å². The molecule has 0 amide bonds. The predicted molar refractivity (Wildman–Crippen MR) is 168 cm³/mol. The number of benzene rings is 4. The third-order valence-electron chi connectivity index (χ3n) is 5.75. The van der Waals surface area contributed by atoms with Gasteiger partial charge in [0.1, 0.15) is 11.8 Å². The second kappa shape index (κ2) is 17.8. The van der Waals surface area contributed by atoms with Gasteiger partial charge in [-0.1, -0.05) is 72.8 Å². The fourth-order valence-electron chi connectivity index (χ4n) is 4.06. The Balaban J connectivity index is 0.000000711. The first kappa shape index (κ1) is 33.4. The van der Waals surface area contributed by atoms with Crippen molar-refractivity contribution in [3.63, 3.8) is 0 Å². The molecular weight excluding hydrogens is 549 g/mol. The van der Waals surface area contributed by atoms with E-state index < -0.39 is 15.8 Å². The Hall–Kier alpha value is -2.66. The van der Waals surface area contributed by atoms with E-state index >= 15 is 0 Å². The van der Waals surface area contributed by atoms with Crippen LogP contribution in [-0.4, -0.2) is 17.4 Å². The maximum atomic E-state index is 7.25. The molecule has 0 N–H and O–H groups in total. The number of hydrogen-bond acceptors (Lipinski definition) is 1. The summed E-state index contributed by atoms with van der Waals surface area (Å²) < 4.78 is 0. The van der Waals surface area contributed by atoms with Crippen LogP contribution in [0.4, 0.5) is 0 Å². The third-order valence-corrected chi connectivity index (χ3v) is 12.3.